The van der Waals surface area contributed by atoms with E-state index in [0.29, 0.717) is 18.3 Å². The lowest BCUT2D eigenvalue weighted by Gasteiger charge is -2.32. The van der Waals surface area contributed by atoms with Crippen LogP contribution in [0.1, 0.15) is 51.5 Å². The van der Waals surface area contributed by atoms with Gasteiger partial charge in [-0.15, -0.1) is 0 Å². The third-order valence-corrected chi connectivity index (χ3v) is 6.37. The summed E-state index contributed by atoms with van der Waals surface area (Å²) in [7, 11) is -3.58. The van der Waals surface area contributed by atoms with Gasteiger partial charge in [0.05, 0.1) is 5.25 Å². The molecule has 6 heteroatoms. The van der Waals surface area contributed by atoms with E-state index in [1.54, 1.807) is 26.0 Å². The van der Waals surface area contributed by atoms with Gasteiger partial charge in [0.15, 0.2) is 0 Å². The second kappa shape index (κ2) is 6.75. The van der Waals surface area contributed by atoms with Gasteiger partial charge in [-0.3, -0.25) is 4.79 Å². The molecule has 24 heavy (non-hydrogen) atoms. The molecule has 0 unspecified atom stereocenters. The van der Waals surface area contributed by atoms with E-state index in [9.17, 15) is 13.2 Å². The van der Waals surface area contributed by atoms with Crippen molar-refractivity contribution in [3.8, 4) is 5.75 Å². The molecule has 0 radical (unpaired) electrons. The van der Waals surface area contributed by atoms with Crippen LogP contribution in [0.25, 0.3) is 0 Å². The average Bonchev–Trinajstić information content (AvgIpc) is 3.28. The number of carbonyl (C=O) groups excluding carboxylic acids is 1. The van der Waals surface area contributed by atoms with Gasteiger partial charge < -0.3 is 9.08 Å². The lowest BCUT2D eigenvalue weighted by molar-refractivity contribution is -0.139. The summed E-state index contributed by atoms with van der Waals surface area (Å²) in [5, 5.41) is -0.581. The minimum absolute atomic E-state index is 0.212. The summed E-state index contributed by atoms with van der Waals surface area (Å²) in [6, 6.07) is 7.39. The number of hydrogen-bond acceptors (Lipinski definition) is 4. The van der Waals surface area contributed by atoms with Gasteiger partial charge in [0.25, 0.3) is 0 Å². The van der Waals surface area contributed by atoms with Crippen LogP contribution in [0.5, 0.6) is 5.75 Å². The second-order valence-corrected chi connectivity index (χ2v) is 9.19. The summed E-state index contributed by atoms with van der Waals surface area (Å²) in [4.78, 5) is 14.6. The first-order valence-corrected chi connectivity index (χ1v) is 10.2. The molecule has 132 valence electrons. The molecule has 1 amide bonds. The SMILES string of the molecule is CC(C)S(=O)(=O)Oc1ccc(CN(C(=O)C2CCC2)C2CC2)cc1. The average molecular weight is 351 g/mol. The molecule has 0 N–H and O–H groups in total. The fourth-order valence-electron chi connectivity index (χ4n) is 2.74. The van der Waals surface area contributed by atoms with Crippen LogP contribution in [0.2, 0.25) is 0 Å². The van der Waals surface area contributed by atoms with Crippen molar-refractivity contribution in [3.63, 3.8) is 0 Å². The number of benzene rings is 1. The molecule has 1 aromatic carbocycles. The minimum Gasteiger partial charge on any atom is -0.382 e. The smallest absolute Gasteiger partial charge is 0.311 e. The van der Waals surface area contributed by atoms with E-state index in [1.165, 1.54) is 0 Å². The number of nitrogens with zero attached hydrogens (tertiary/aromatic N) is 1. The maximum absolute atomic E-state index is 12.6. The van der Waals surface area contributed by atoms with Gasteiger partial charge in [0.1, 0.15) is 5.75 Å². The molecule has 1 aromatic rings. The molecule has 0 saturated heterocycles. The molecule has 0 spiro atoms. The molecule has 2 aliphatic carbocycles. The van der Waals surface area contributed by atoms with E-state index in [1.807, 2.05) is 17.0 Å². The van der Waals surface area contributed by atoms with Gasteiger partial charge in [-0.25, -0.2) is 0 Å². The van der Waals surface area contributed by atoms with Crippen molar-refractivity contribution in [2.75, 3.05) is 0 Å². The topological polar surface area (TPSA) is 63.7 Å². The Morgan fingerprint density at radius 1 is 1.17 bits per heavy atom. The van der Waals surface area contributed by atoms with Crippen LogP contribution in [0.4, 0.5) is 0 Å². The van der Waals surface area contributed by atoms with Crippen molar-refractivity contribution in [2.45, 2.75) is 63.8 Å². The van der Waals surface area contributed by atoms with Crippen LogP contribution in [0.3, 0.4) is 0 Å². The van der Waals surface area contributed by atoms with E-state index >= 15 is 0 Å². The maximum Gasteiger partial charge on any atom is 0.311 e. The Bertz CT molecular complexity index is 688. The number of amides is 1. The lowest BCUT2D eigenvalue weighted by Crippen LogP contribution is -2.39. The van der Waals surface area contributed by atoms with Crippen molar-refractivity contribution in [1.29, 1.82) is 0 Å². The van der Waals surface area contributed by atoms with E-state index in [2.05, 4.69) is 0 Å². The summed E-state index contributed by atoms with van der Waals surface area (Å²) in [6.45, 7) is 3.77. The van der Waals surface area contributed by atoms with Gasteiger partial charge in [-0.1, -0.05) is 18.6 Å². The largest absolute Gasteiger partial charge is 0.382 e. The van der Waals surface area contributed by atoms with Gasteiger partial charge >= 0.3 is 10.1 Å². The first-order valence-electron chi connectivity index (χ1n) is 8.69. The highest BCUT2D eigenvalue weighted by Crippen LogP contribution is 2.35. The fraction of sp³-hybridized carbons (Fsp3) is 0.611. The molecule has 0 atom stereocenters. The summed E-state index contributed by atoms with van der Waals surface area (Å²) in [5.41, 5.74) is 1.00. The Morgan fingerprint density at radius 2 is 1.79 bits per heavy atom. The van der Waals surface area contributed by atoms with Gasteiger partial charge in [0.2, 0.25) is 5.91 Å². The summed E-state index contributed by atoms with van der Waals surface area (Å²) >= 11 is 0. The summed E-state index contributed by atoms with van der Waals surface area (Å²) < 4.78 is 28.7. The molecule has 0 aromatic heterocycles. The highest BCUT2D eigenvalue weighted by atomic mass is 32.2. The normalized spacial score (nSPS) is 18.3. The quantitative estimate of drug-likeness (QED) is 0.708. The lowest BCUT2D eigenvalue weighted by atomic mass is 9.84. The zero-order valence-electron chi connectivity index (χ0n) is 14.3. The first-order chi connectivity index (χ1) is 11.4. The van der Waals surface area contributed by atoms with Crippen LogP contribution < -0.4 is 4.18 Å². The number of hydrogen-bond donors (Lipinski definition) is 0. The van der Waals surface area contributed by atoms with Crippen molar-refractivity contribution in [1.82, 2.24) is 4.90 Å². The molecule has 0 bridgehead atoms. The Morgan fingerprint density at radius 3 is 2.25 bits per heavy atom. The zero-order chi connectivity index (χ0) is 17.3. The predicted octanol–water partition coefficient (Wildman–Crippen LogP) is 3.09. The Kier molecular flexibility index (Phi) is 4.85. The highest BCUT2D eigenvalue weighted by molar-refractivity contribution is 7.87. The van der Waals surface area contributed by atoms with Crippen LogP contribution >= 0.6 is 0 Å². The first kappa shape index (κ1) is 17.3. The van der Waals surface area contributed by atoms with Crippen LogP contribution in [-0.2, 0) is 21.5 Å². The van der Waals surface area contributed by atoms with Gasteiger partial charge in [-0.2, -0.15) is 8.42 Å². The minimum atomic E-state index is -3.58. The predicted molar refractivity (Wildman–Crippen MR) is 92.0 cm³/mol. The molecular weight excluding hydrogens is 326 g/mol. The monoisotopic (exact) mass is 351 g/mol. The maximum atomic E-state index is 12.6. The van der Waals surface area contributed by atoms with Gasteiger partial charge in [0, 0.05) is 18.5 Å². The molecule has 2 aliphatic rings. The molecule has 5 nitrogen and oxygen atoms in total. The number of rotatable bonds is 7. The van der Waals surface area contributed by atoms with E-state index in [-0.39, 0.29) is 11.8 Å². The van der Waals surface area contributed by atoms with E-state index in [4.69, 9.17) is 4.18 Å². The second-order valence-electron chi connectivity index (χ2n) is 7.09. The number of carbonyl (C=O) groups is 1. The molecule has 0 heterocycles. The molecular formula is C18H25NO4S. The van der Waals surface area contributed by atoms with Crippen molar-refractivity contribution in [3.05, 3.63) is 29.8 Å². The molecule has 3 rings (SSSR count). The van der Waals surface area contributed by atoms with Crippen molar-refractivity contribution in [2.24, 2.45) is 5.92 Å². The third-order valence-electron chi connectivity index (χ3n) is 4.79. The highest BCUT2D eigenvalue weighted by Gasteiger charge is 2.37. The summed E-state index contributed by atoms with van der Waals surface area (Å²) in [5.74, 6) is 0.812. The molecule has 2 saturated carbocycles. The van der Waals surface area contributed by atoms with Crippen LogP contribution in [0.15, 0.2) is 24.3 Å². The van der Waals surface area contributed by atoms with E-state index < -0.39 is 15.4 Å². The Labute approximate surface area is 144 Å². The summed E-state index contributed by atoms with van der Waals surface area (Å²) in [6.07, 6.45) is 5.37. The van der Waals surface area contributed by atoms with E-state index in [0.717, 1.165) is 37.7 Å². The zero-order valence-corrected chi connectivity index (χ0v) is 15.1. The van der Waals surface area contributed by atoms with Crippen LogP contribution in [0, 0.1) is 5.92 Å². The van der Waals surface area contributed by atoms with Crippen molar-refractivity contribution >= 4 is 16.0 Å². The molecule has 0 aliphatic heterocycles. The Hall–Kier alpha value is -1.56. The van der Waals surface area contributed by atoms with Crippen molar-refractivity contribution < 1.29 is 17.4 Å². The fourth-order valence-corrected chi connectivity index (χ4v) is 3.31. The standard InChI is InChI=1S/C18H25NO4S/c1-13(2)24(21,22)23-17-10-6-14(7-11-17)12-19(16-8-9-16)18(20)15-4-3-5-15/h6-7,10-11,13,15-16H,3-5,8-9,12H2,1-2H3. The molecule has 2 fully saturated rings. The third kappa shape index (κ3) is 3.91. The Balaban J connectivity index is 1.65. The van der Waals surface area contributed by atoms with Crippen LogP contribution in [-0.4, -0.2) is 30.5 Å². The van der Waals surface area contributed by atoms with Gasteiger partial charge in [-0.05, 0) is 57.2 Å².